The van der Waals surface area contributed by atoms with Crippen LogP contribution in [-0.4, -0.2) is 36.7 Å². The standard InChI is InChI=1S/C30H47N3O3/c1-19(33-36-27(35)31-15-12-21-17-28(2,3)18-32-21)24-8-9-25-23-7-6-20-16-22(34)10-13-29(20,4)26(23)11-14-30(24,25)5/h16,21,23-26,32H,6-15,17-18H2,1-5H3,(H,31,35)/b33-19+/t21?,23-,24+,25-,26-,29-,30+/m0/s1. The van der Waals surface area contributed by atoms with Crippen molar-refractivity contribution in [2.24, 2.45) is 45.1 Å². The third-order valence-corrected chi connectivity index (χ3v) is 11.2. The monoisotopic (exact) mass is 497 g/mol. The Bertz CT molecular complexity index is 955. The minimum atomic E-state index is -0.443. The van der Waals surface area contributed by atoms with E-state index in [1.807, 2.05) is 6.08 Å². The normalized spacial score (nSPS) is 41.7. The van der Waals surface area contributed by atoms with Gasteiger partial charge in [-0.1, -0.05) is 38.4 Å². The highest BCUT2D eigenvalue weighted by atomic mass is 16.7. The maximum atomic E-state index is 12.3. The summed E-state index contributed by atoms with van der Waals surface area (Å²) in [6.07, 6.45) is 12.5. The number of amides is 1. The van der Waals surface area contributed by atoms with Crippen molar-refractivity contribution in [3.8, 4) is 0 Å². The van der Waals surface area contributed by atoms with Crippen LogP contribution in [0.3, 0.4) is 0 Å². The van der Waals surface area contributed by atoms with Crippen molar-refractivity contribution in [3.63, 3.8) is 0 Å². The Morgan fingerprint density at radius 3 is 2.67 bits per heavy atom. The molecule has 5 rings (SSSR count). The molecule has 7 atom stereocenters. The number of carbonyl (C=O) groups excluding carboxylic acids is 2. The molecule has 1 aliphatic heterocycles. The molecule has 6 nitrogen and oxygen atoms in total. The zero-order valence-corrected chi connectivity index (χ0v) is 23.1. The lowest BCUT2D eigenvalue weighted by Crippen LogP contribution is -2.51. The van der Waals surface area contributed by atoms with Gasteiger partial charge in [0.05, 0.1) is 5.71 Å². The largest absolute Gasteiger partial charge is 0.433 e. The fourth-order valence-corrected chi connectivity index (χ4v) is 9.24. The molecule has 0 radical (unpaired) electrons. The molecule has 5 aliphatic rings. The summed E-state index contributed by atoms with van der Waals surface area (Å²) in [5, 5.41) is 10.8. The predicted molar refractivity (Wildman–Crippen MR) is 143 cm³/mol. The van der Waals surface area contributed by atoms with E-state index in [0.29, 0.717) is 48.0 Å². The zero-order valence-electron chi connectivity index (χ0n) is 23.1. The van der Waals surface area contributed by atoms with E-state index < -0.39 is 6.09 Å². The first-order valence-electron chi connectivity index (χ1n) is 14.5. The molecule has 36 heavy (non-hydrogen) atoms. The van der Waals surface area contributed by atoms with Crippen molar-refractivity contribution >= 4 is 17.6 Å². The van der Waals surface area contributed by atoms with Crippen LogP contribution in [0.4, 0.5) is 4.79 Å². The number of hydrogen-bond acceptors (Lipinski definition) is 5. The Morgan fingerprint density at radius 1 is 1.11 bits per heavy atom. The lowest BCUT2D eigenvalue weighted by Gasteiger charge is -2.58. The quantitative estimate of drug-likeness (QED) is 0.277. The van der Waals surface area contributed by atoms with E-state index in [2.05, 4.69) is 50.4 Å². The number of fused-ring (bicyclic) bond motifs is 5. The van der Waals surface area contributed by atoms with Crippen LogP contribution < -0.4 is 10.6 Å². The minimum absolute atomic E-state index is 0.213. The molecule has 1 heterocycles. The number of allylic oxidation sites excluding steroid dienone is 1. The molecular weight excluding hydrogens is 450 g/mol. The summed E-state index contributed by atoms with van der Waals surface area (Å²) in [5.74, 6) is 2.83. The molecule has 0 aromatic rings. The number of hydrogen-bond donors (Lipinski definition) is 2. The van der Waals surface area contributed by atoms with Crippen LogP contribution in [0.5, 0.6) is 0 Å². The minimum Gasteiger partial charge on any atom is -0.320 e. The summed E-state index contributed by atoms with van der Waals surface area (Å²) in [7, 11) is 0. The van der Waals surface area contributed by atoms with Crippen LogP contribution in [0, 0.1) is 39.9 Å². The lowest BCUT2D eigenvalue weighted by atomic mass is 9.46. The van der Waals surface area contributed by atoms with Gasteiger partial charge in [0.15, 0.2) is 5.78 Å². The van der Waals surface area contributed by atoms with Crippen molar-refractivity contribution in [1.82, 2.24) is 10.6 Å². The van der Waals surface area contributed by atoms with E-state index in [-0.39, 0.29) is 10.8 Å². The van der Waals surface area contributed by atoms with Gasteiger partial charge in [0.1, 0.15) is 0 Å². The Balaban J connectivity index is 1.17. The molecule has 0 aromatic carbocycles. The summed E-state index contributed by atoms with van der Waals surface area (Å²) < 4.78 is 0. The van der Waals surface area contributed by atoms with E-state index in [0.717, 1.165) is 50.3 Å². The van der Waals surface area contributed by atoms with Crippen molar-refractivity contribution in [2.45, 2.75) is 105 Å². The van der Waals surface area contributed by atoms with E-state index >= 15 is 0 Å². The first kappa shape index (κ1) is 25.9. The van der Waals surface area contributed by atoms with Gasteiger partial charge >= 0.3 is 6.09 Å². The van der Waals surface area contributed by atoms with Gasteiger partial charge in [-0.2, -0.15) is 0 Å². The van der Waals surface area contributed by atoms with Crippen LogP contribution >= 0.6 is 0 Å². The number of ketones is 1. The van der Waals surface area contributed by atoms with Crippen molar-refractivity contribution in [1.29, 1.82) is 0 Å². The first-order valence-corrected chi connectivity index (χ1v) is 14.5. The molecule has 0 bridgehead atoms. The van der Waals surface area contributed by atoms with Crippen molar-refractivity contribution < 1.29 is 14.4 Å². The molecular formula is C30H47N3O3. The third-order valence-electron chi connectivity index (χ3n) is 11.2. The zero-order chi connectivity index (χ0) is 25.7. The molecule has 1 saturated heterocycles. The van der Waals surface area contributed by atoms with Crippen molar-refractivity contribution in [3.05, 3.63) is 11.6 Å². The Hall–Kier alpha value is -1.69. The van der Waals surface area contributed by atoms with Crippen LogP contribution in [0.2, 0.25) is 0 Å². The summed E-state index contributed by atoms with van der Waals surface area (Å²) in [5.41, 5.74) is 3.17. The SMILES string of the molecule is C/C(=N\OC(=O)NCCC1CC(C)(C)CN1)[C@H]1CC[C@H]2[C@@H]3CCC4=CC(=O)CC[C@]4(C)[C@H]3CC[C@]12C. The predicted octanol–water partition coefficient (Wildman–Crippen LogP) is 6.01. The van der Waals surface area contributed by atoms with Gasteiger partial charge in [0.2, 0.25) is 0 Å². The molecule has 4 fully saturated rings. The fourth-order valence-electron chi connectivity index (χ4n) is 9.24. The summed E-state index contributed by atoms with van der Waals surface area (Å²) in [4.78, 5) is 29.7. The Morgan fingerprint density at radius 2 is 1.92 bits per heavy atom. The highest BCUT2D eigenvalue weighted by Gasteiger charge is 2.59. The molecule has 4 aliphatic carbocycles. The molecule has 3 saturated carbocycles. The first-order chi connectivity index (χ1) is 17.0. The average molecular weight is 498 g/mol. The maximum Gasteiger partial charge on any atom is 0.433 e. The molecule has 0 aromatic heterocycles. The van der Waals surface area contributed by atoms with Gasteiger partial charge in [-0.15, -0.1) is 0 Å². The van der Waals surface area contributed by atoms with Crippen LogP contribution in [-0.2, 0) is 9.63 Å². The van der Waals surface area contributed by atoms with Gasteiger partial charge in [0, 0.05) is 31.5 Å². The highest BCUT2D eigenvalue weighted by molar-refractivity contribution is 5.91. The number of oxime groups is 1. The van der Waals surface area contributed by atoms with Crippen LogP contribution in [0.25, 0.3) is 0 Å². The molecule has 200 valence electrons. The van der Waals surface area contributed by atoms with E-state index in [1.165, 1.54) is 31.3 Å². The molecule has 6 heteroatoms. The van der Waals surface area contributed by atoms with Crippen LogP contribution in [0.15, 0.2) is 16.8 Å². The molecule has 2 N–H and O–H groups in total. The highest BCUT2D eigenvalue weighted by Crippen LogP contribution is 2.66. The number of nitrogens with zero attached hydrogens (tertiary/aromatic N) is 1. The number of carbonyl (C=O) groups is 2. The fraction of sp³-hybridized carbons (Fsp3) is 0.833. The second-order valence-corrected chi connectivity index (χ2v) is 13.9. The third kappa shape index (κ3) is 4.68. The smallest absolute Gasteiger partial charge is 0.320 e. The second-order valence-electron chi connectivity index (χ2n) is 13.9. The van der Waals surface area contributed by atoms with Gasteiger partial charge < -0.3 is 10.6 Å². The van der Waals surface area contributed by atoms with Crippen LogP contribution in [0.1, 0.15) is 98.8 Å². The second kappa shape index (κ2) is 9.56. The number of nitrogens with one attached hydrogen (secondary N) is 2. The summed E-state index contributed by atoms with van der Waals surface area (Å²) in [6, 6.07) is 0.457. The Kier molecular flexibility index (Phi) is 6.89. The lowest BCUT2D eigenvalue weighted by molar-refractivity contribution is -0.117. The molecule has 1 unspecified atom stereocenters. The maximum absolute atomic E-state index is 12.3. The van der Waals surface area contributed by atoms with E-state index in [9.17, 15) is 9.59 Å². The van der Waals surface area contributed by atoms with E-state index in [1.54, 1.807) is 0 Å². The van der Waals surface area contributed by atoms with Gasteiger partial charge in [-0.05, 0) is 105 Å². The Labute approximate surface area is 217 Å². The average Bonchev–Trinajstić information content (AvgIpc) is 3.36. The van der Waals surface area contributed by atoms with Gasteiger partial charge in [-0.25, -0.2) is 4.79 Å². The van der Waals surface area contributed by atoms with E-state index in [4.69, 9.17) is 4.84 Å². The summed E-state index contributed by atoms with van der Waals surface area (Å²) in [6.45, 7) is 13.2. The topological polar surface area (TPSA) is 79.8 Å². The summed E-state index contributed by atoms with van der Waals surface area (Å²) >= 11 is 0. The van der Waals surface area contributed by atoms with Gasteiger partial charge in [0.25, 0.3) is 0 Å². The van der Waals surface area contributed by atoms with Gasteiger partial charge in [-0.3, -0.25) is 9.63 Å². The van der Waals surface area contributed by atoms with Crippen molar-refractivity contribution in [2.75, 3.05) is 13.1 Å². The molecule has 1 amide bonds. The number of rotatable bonds is 5. The molecule has 0 spiro atoms.